The summed E-state index contributed by atoms with van der Waals surface area (Å²) in [6.07, 6.45) is 5.09. The van der Waals surface area contributed by atoms with Crippen LogP contribution in [0.5, 0.6) is 0 Å². The number of hydrogen-bond acceptors (Lipinski definition) is 4. The molecule has 2 unspecified atom stereocenters. The molecule has 3 N–H and O–H groups in total. The predicted octanol–water partition coefficient (Wildman–Crippen LogP) is 1.55. The Balaban J connectivity index is 1.65. The summed E-state index contributed by atoms with van der Waals surface area (Å²) in [6, 6.07) is 1.81. The number of carbonyl (C=O) groups is 1. The van der Waals surface area contributed by atoms with E-state index < -0.39 is 0 Å². The van der Waals surface area contributed by atoms with E-state index in [4.69, 9.17) is 0 Å². The Morgan fingerprint density at radius 1 is 1.52 bits per heavy atom. The van der Waals surface area contributed by atoms with Crippen LogP contribution >= 0.6 is 0 Å². The summed E-state index contributed by atoms with van der Waals surface area (Å²) in [7, 11) is 0. The van der Waals surface area contributed by atoms with Crippen molar-refractivity contribution in [2.75, 3.05) is 6.54 Å². The van der Waals surface area contributed by atoms with Gasteiger partial charge in [0.2, 0.25) is 0 Å². The van der Waals surface area contributed by atoms with Gasteiger partial charge in [0.05, 0.1) is 11.7 Å². The first-order valence-electron chi connectivity index (χ1n) is 7.40. The Labute approximate surface area is 123 Å². The van der Waals surface area contributed by atoms with E-state index in [-0.39, 0.29) is 12.0 Å². The zero-order chi connectivity index (χ0) is 14.8. The minimum Gasteiger partial charge on any atom is -0.393 e. The van der Waals surface area contributed by atoms with Crippen LogP contribution in [0.1, 0.15) is 41.7 Å². The highest BCUT2D eigenvalue weighted by atomic mass is 16.3. The number of rotatable bonds is 3. The summed E-state index contributed by atoms with van der Waals surface area (Å²) in [5, 5.41) is 20.4. The molecule has 0 aliphatic heterocycles. The van der Waals surface area contributed by atoms with Gasteiger partial charge in [0.25, 0.3) is 5.91 Å². The lowest BCUT2D eigenvalue weighted by molar-refractivity contribution is 0.0873. The van der Waals surface area contributed by atoms with Crippen LogP contribution in [0.3, 0.4) is 0 Å². The van der Waals surface area contributed by atoms with Gasteiger partial charge in [-0.1, -0.05) is 6.42 Å². The number of carbonyl (C=O) groups excluding carboxylic acids is 1. The standard InChI is InChI=1S/C15H20N4O2/c1-9-13-6-11(8-16-14(13)19-18-9)15(21)17-7-10-3-2-4-12(20)5-10/h6,8,10,12,20H,2-5,7H2,1H3,(H,17,21)(H,16,18,19). The minimum atomic E-state index is -0.216. The lowest BCUT2D eigenvalue weighted by atomic mass is 9.87. The Hall–Kier alpha value is -1.95. The van der Waals surface area contributed by atoms with Crippen LogP contribution in [-0.4, -0.2) is 38.8 Å². The zero-order valence-electron chi connectivity index (χ0n) is 12.1. The van der Waals surface area contributed by atoms with Crippen molar-refractivity contribution in [1.82, 2.24) is 20.5 Å². The van der Waals surface area contributed by atoms with E-state index in [9.17, 15) is 9.90 Å². The fraction of sp³-hybridized carbons (Fsp3) is 0.533. The number of nitrogens with zero attached hydrogens (tertiary/aromatic N) is 2. The fourth-order valence-corrected chi connectivity index (χ4v) is 2.93. The Morgan fingerprint density at radius 2 is 2.38 bits per heavy atom. The summed E-state index contributed by atoms with van der Waals surface area (Å²) in [5.74, 6) is 0.245. The van der Waals surface area contributed by atoms with Gasteiger partial charge in [-0.25, -0.2) is 4.98 Å². The van der Waals surface area contributed by atoms with Crippen LogP contribution in [0.4, 0.5) is 0 Å². The number of nitrogens with one attached hydrogen (secondary N) is 2. The summed E-state index contributed by atoms with van der Waals surface area (Å²) in [4.78, 5) is 16.4. The highest BCUT2D eigenvalue weighted by Crippen LogP contribution is 2.23. The largest absolute Gasteiger partial charge is 0.393 e. The SMILES string of the molecule is Cc1[nH]nc2ncc(C(=O)NCC3CCCC(O)C3)cc12. The molecule has 3 rings (SSSR count). The zero-order valence-corrected chi connectivity index (χ0v) is 12.1. The van der Waals surface area contributed by atoms with E-state index in [1.807, 2.05) is 13.0 Å². The van der Waals surface area contributed by atoms with Crippen molar-refractivity contribution in [2.45, 2.75) is 38.7 Å². The van der Waals surface area contributed by atoms with Crippen LogP contribution in [0.25, 0.3) is 11.0 Å². The molecule has 6 nitrogen and oxygen atoms in total. The van der Waals surface area contributed by atoms with Crippen LogP contribution in [0.2, 0.25) is 0 Å². The number of H-pyrrole nitrogens is 1. The molecular formula is C15H20N4O2. The lowest BCUT2D eigenvalue weighted by Gasteiger charge is -2.25. The van der Waals surface area contributed by atoms with Gasteiger partial charge in [-0.3, -0.25) is 9.89 Å². The van der Waals surface area contributed by atoms with Gasteiger partial charge in [0.1, 0.15) is 0 Å². The number of aryl methyl sites for hydroxylation is 1. The van der Waals surface area contributed by atoms with Crippen molar-refractivity contribution in [3.63, 3.8) is 0 Å². The van der Waals surface area contributed by atoms with Crippen molar-refractivity contribution in [3.05, 3.63) is 23.5 Å². The molecule has 2 heterocycles. The third kappa shape index (κ3) is 3.05. The molecule has 2 aromatic heterocycles. The molecule has 0 radical (unpaired) electrons. The monoisotopic (exact) mass is 288 g/mol. The first-order chi connectivity index (χ1) is 10.1. The second-order valence-electron chi connectivity index (χ2n) is 5.84. The number of aromatic amines is 1. The number of pyridine rings is 1. The summed E-state index contributed by atoms with van der Waals surface area (Å²) >= 11 is 0. The van der Waals surface area contributed by atoms with E-state index in [1.165, 1.54) is 0 Å². The van der Waals surface area contributed by atoms with Gasteiger partial charge in [0.15, 0.2) is 5.65 Å². The number of aliphatic hydroxyl groups is 1. The second-order valence-corrected chi connectivity index (χ2v) is 5.84. The van der Waals surface area contributed by atoms with Crippen LogP contribution in [-0.2, 0) is 0 Å². The number of fused-ring (bicyclic) bond motifs is 1. The molecular weight excluding hydrogens is 268 g/mol. The van der Waals surface area contributed by atoms with Gasteiger partial charge in [-0.15, -0.1) is 0 Å². The molecule has 1 aliphatic carbocycles. The topological polar surface area (TPSA) is 90.9 Å². The highest BCUT2D eigenvalue weighted by molar-refractivity contribution is 5.97. The predicted molar refractivity (Wildman–Crippen MR) is 78.9 cm³/mol. The maximum atomic E-state index is 12.2. The van der Waals surface area contributed by atoms with Gasteiger partial charge < -0.3 is 10.4 Å². The molecule has 21 heavy (non-hydrogen) atoms. The summed E-state index contributed by atoms with van der Waals surface area (Å²) in [6.45, 7) is 2.51. The molecule has 1 amide bonds. The normalized spacial score (nSPS) is 22.4. The molecule has 1 fully saturated rings. The molecule has 6 heteroatoms. The van der Waals surface area contributed by atoms with E-state index in [0.29, 0.717) is 23.7 Å². The smallest absolute Gasteiger partial charge is 0.252 e. The Kier molecular flexibility index (Phi) is 3.88. The Bertz CT molecular complexity index is 652. The van der Waals surface area contributed by atoms with Crippen LogP contribution in [0.15, 0.2) is 12.3 Å². The third-order valence-electron chi connectivity index (χ3n) is 4.17. The lowest BCUT2D eigenvalue weighted by Crippen LogP contribution is -2.33. The van der Waals surface area contributed by atoms with Crippen molar-refractivity contribution >= 4 is 16.9 Å². The molecule has 0 spiro atoms. The van der Waals surface area contributed by atoms with Gasteiger partial charge in [-0.05, 0) is 38.2 Å². The van der Waals surface area contributed by atoms with E-state index in [2.05, 4.69) is 20.5 Å². The van der Waals surface area contributed by atoms with E-state index in [0.717, 1.165) is 36.8 Å². The van der Waals surface area contributed by atoms with Gasteiger partial charge in [-0.2, -0.15) is 5.10 Å². The number of aliphatic hydroxyl groups excluding tert-OH is 1. The molecule has 2 aromatic rings. The quantitative estimate of drug-likeness (QED) is 0.799. The number of amides is 1. The molecule has 0 saturated heterocycles. The highest BCUT2D eigenvalue weighted by Gasteiger charge is 2.21. The van der Waals surface area contributed by atoms with Gasteiger partial charge >= 0.3 is 0 Å². The van der Waals surface area contributed by atoms with Gasteiger partial charge in [0, 0.05) is 23.8 Å². The first-order valence-corrected chi connectivity index (χ1v) is 7.40. The van der Waals surface area contributed by atoms with Crippen LogP contribution in [0, 0.1) is 12.8 Å². The number of aromatic nitrogens is 3. The molecule has 2 atom stereocenters. The summed E-state index contributed by atoms with van der Waals surface area (Å²) in [5.41, 5.74) is 2.07. The van der Waals surface area contributed by atoms with E-state index >= 15 is 0 Å². The maximum Gasteiger partial charge on any atom is 0.252 e. The molecule has 0 bridgehead atoms. The van der Waals surface area contributed by atoms with Crippen molar-refractivity contribution < 1.29 is 9.90 Å². The minimum absolute atomic E-state index is 0.120. The average Bonchev–Trinajstić information content (AvgIpc) is 2.86. The summed E-state index contributed by atoms with van der Waals surface area (Å²) < 4.78 is 0. The first kappa shape index (κ1) is 14.0. The van der Waals surface area contributed by atoms with E-state index in [1.54, 1.807) is 6.20 Å². The second kappa shape index (κ2) is 5.81. The molecule has 1 aliphatic rings. The third-order valence-corrected chi connectivity index (χ3v) is 4.17. The fourth-order valence-electron chi connectivity index (χ4n) is 2.93. The van der Waals surface area contributed by atoms with Crippen molar-refractivity contribution in [1.29, 1.82) is 0 Å². The molecule has 0 aromatic carbocycles. The maximum absolute atomic E-state index is 12.2. The van der Waals surface area contributed by atoms with Crippen LogP contribution < -0.4 is 5.32 Å². The number of hydrogen-bond donors (Lipinski definition) is 3. The van der Waals surface area contributed by atoms with Crippen molar-refractivity contribution in [3.8, 4) is 0 Å². The molecule has 1 saturated carbocycles. The van der Waals surface area contributed by atoms with Crippen molar-refractivity contribution in [2.24, 2.45) is 5.92 Å². The molecule has 112 valence electrons. The average molecular weight is 288 g/mol. The Morgan fingerprint density at radius 3 is 3.19 bits per heavy atom.